The summed E-state index contributed by atoms with van der Waals surface area (Å²) in [4.78, 5) is 33.9. The van der Waals surface area contributed by atoms with Crippen molar-refractivity contribution in [1.29, 1.82) is 0 Å². The van der Waals surface area contributed by atoms with Gasteiger partial charge in [-0.2, -0.15) is 11.8 Å². The van der Waals surface area contributed by atoms with Gasteiger partial charge < -0.3 is 10.1 Å². The molecule has 0 aliphatic carbocycles. The van der Waals surface area contributed by atoms with Crippen LogP contribution in [0.2, 0.25) is 0 Å². The predicted octanol–water partition coefficient (Wildman–Crippen LogP) is 11.0. The quantitative estimate of drug-likeness (QED) is 0.0593. The number of unbranched alkanes of at least 4 members (excludes halogenated alkanes) is 16. The number of Topliss-reactive ketones (excluding diaryl/α,β-unsaturated/α-hetero) is 1. The Labute approximate surface area is 272 Å². The first-order valence-corrected chi connectivity index (χ1v) is 19.5. The van der Waals surface area contributed by atoms with Gasteiger partial charge >= 0.3 is 0 Å². The molecule has 0 aromatic carbocycles. The van der Waals surface area contributed by atoms with Crippen molar-refractivity contribution in [2.45, 2.75) is 195 Å². The minimum absolute atomic E-state index is 0.0404. The van der Waals surface area contributed by atoms with Crippen LogP contribution in [0.15, 0.2) is 0 Å². The van der Waals surface area contributed by atoms with Crippen molar-refractivity contribution >= 4 is 29.9 Å². The molecule has 0 bridgehead atoms. The largest absolute Gasteiger partial charge is 0.468 e. The highest BCUT2D eigenvalue weighted by Crippen LogP contribution is 2.19. The van der Waals surface area contributed by atoms with Gasteiger partial charge in [-0.05, 0) is 56.5 Å². The van der Waals surface area contributed by atoms with Gasteiger partial charge in [0.2, 0.25) is 5.91 Å². The number of nitrogens with one attached hydrogen (secondary N) is 1. The Kier molecular flexibility index (Phi) is 38.1. The lowest BCUT2D eigenvalue weighted by molar-refractivity contribution is -0.130. The molecule has 0 saturated heterocycles. The molecule has 256 valence electrons. The number of carbonyl (C=O) groups excluding carboxylic acids is 3. The summed E-state index contributed by atoms with van der Waals surface area (Å²) in [7, 11) is 0. The highest BCUT2D eigenvalue weighted by Gasteiger charge is 2.16. The zero-order valence-electron chi connectivity index (χ0n) is 29.4. The Morgan fingerprint density at radius 1 is 0.628 bits per heavy atom. The average molecular weight is 628 g/mol. The minimum atomic E-state index is -0.291. The second kappa shape index (κ2) is 37.1. The Hall–Kier alpha value is -1.04. The molecule has 1 amide bonds. The molecular formula is C37H73NO4S. The van der Waals surface area contributed by atoms with E-state index in [4.69, 9.17) is 4.74 Å². The van der Waals surface area contributed by atoms with Crippen molar-refractivity contribution in [1.82, 2.24) is 5.32 Å². The van der Waals surface area contributed by atoms with Gasteiger partial charge in [0.25, 0.3) is 6.47 Å². The second-order valence-electron chi connectivity index (χ2n) is 12.4. The molecule has 0 heterocycles. The van der Waals surface area contributed by atoms with Crippen LogP contribution < -0.4 is 5.32 Å². The van der Waals surface area contributed by atoms with E-state index in [0.29, 0.717) is 25.4 Å². The van der Waals surface area contributed by atoms with Crippen LogP contribution in [0.1, 0.15) is 189 Å². The number of carbonyl (C=O) groups is 3. The molecule has 0 aliphatic heterocycles. The summed E-state index contributed by atoms with van der Waals surface area (Å²) in [6.07, 6.45) is 29.5. The average Bonchev–Trinajstić information content (AvgIpc) is 3.00. The molecule has 0 radical (unpaired) electrons. The van der Waals surface area contributed by atoms with Gasteiger partial charge in [-0.1, -0.05) is 143 Å². The van der Waals surface area contributed by atoms with Gasteiger partial charge in [-0.25, -0.2) is 0 Å². The zero-order valence-corrected chi connectivity index (χ0v) is 30.2. The van der Waals surface area contributed by atoms with Crippen LogP contribution in [0.3, 0.4) is 0 Å². The van der Waals surface area contributed by atoms with Crippen LogP contribution >= 0.6 is 11.8 Å². The first-order chi connectivity index (χ1) is 21.0. The SMILES string of the molecule is CCCCCCCCC(CCCCCC)COC=O.CCCCCCCCCCCC(=O)NC(CCSCCC)C(C)=O. The molecule has 0 aliphatic rings. The molecule has 2 atom stereocenters. The van der Waals surface area contributed by atoms with E-state index in [2.05, 4.69) is 33.0 Å². The van der Waals surface area contributed by atoms with E-state index in [9.17, 15) is 14.4 Å². The molecule has 43 heavy (non-hydrogen) atoms. The predicted molar refractivity (Wildman–Crippen MR) is 189 cm³/mol. The lowest BCUT2D eigenvalue weighted by atomic mass is 9.95. The topological polar surface area (TPSA) is 72.5 Å². The van der Waals surface area contributed by atoms with Crippen molar-refractivity contribution in [2.75, 3.05) is 18.1 Å². The first-order valence-electron chi connectivity index (χ1n) is 18.4. The summed E-state index contributed by atoms with van der Waals surface area (Å²) in [6, 6.07) is -0.291. The third-order valence-electron chi connectivity index (χ3n) is 8.06. The van der Waals surface area contributed by atoms with Crippen LogP contribution in [0.25, 0.3) is 0 Å². The Bertz CT molecular complexity index is 601. The van der Waals surface area contributed by atoms with E-state index in [0.717, 1.165) is 37.2 Å². The number of thioether (sulfide) groups is 1. The first kappa shape index (κ1) is 44.1. The van der Waals surface area contributed by atoms with Crippen LogP contribution in [0.5, 0.6) is 0 Å². The standard InChI is InChI=1S/C20H39NO2S.C17H34O2/c1-4-6-7-8-9-10-11-12-13-14-20(23)21-19(18(3)22)15-17-24-16-5-2;1-3-5-7-9-10-12-14-17(15-19-16-18)13-11-8-6-4-2/h19H,4-17H2,1-3H3,(H,21,23);16-17H,3-15H2,1-2H3. The fourth-order valence-electron chi connectivity index (χ4n) is 5.25. The summed E-state index contributed by atoms with van der Waals surface area (Å²) in [6.45, 7) is 11.7. The summed E-state index contributed by atoms with van der Waals surface area (Å²) in [5.41, 5.74) is 0. The van der Waals surface area contributed by atoms with E-state index in [1.54, 1.807) is 6.92 Å². The lowest BCUT2D eigenvalue weighted by Crippen LogP contribution is -2.40. The summed E-state index contributed by atoms with van der Waals surface area (Å²) in [5, 5.41) is 2.92. The molecule has 0 saturated carbocycles. The van der Waals surface area contributed by atoms with Gasteiger partial charge in [0.05, 0.1) is 12.6 Å². The van der Waals surface area contributed by atoms with E-state index in [-0.39, 0.29) is 17.7 Å². The fraction of sp³-hybridized carbons (Fsp3) is 0.919. The number of amides is 1. The summed E-state index contributed by atoms with van der Waals surface area (Å²) in [5.74, 6) is 2.77. The molecule has 0 aromatic rings. The Morgan fingerprint density at radius 3 is 1.56 bits per heavy atom. The number of ketones is 1. The lowest BCUT2D eigenvalue weighted by Gasteiger charge is -2.15. The summed E-state index contributed by atoms with van der Waals surface area (Å²) >= 11 is 1.86. The molecular weight excluding hydrogens is 554 g/mol. The smallest absolute Gasteiger partial charge is 0.293 e. The maximum absolute atomic E-state index is 12.0. The zero-order chi connectivity index (χ0) is 32.2. The molecule has 2 unspecified atom stereocenters. The molecule has 0 rings (SSSR count). The Balaban J connectivity index is 0. The van der Waals surface area contributed by atoms with E-state index in [1.807, 2.05) is 11.8 Å². The molecule has 0 fully saturated rings. The van der Waals surface area contributed by atoms with Crippen molar-refractivity contribution in [2.24, 2.45) is 5.92 Å². The molecule has 0 spiro atoms. The van der Waals surface area contributed by atoms with Crippen LogP contribution in [-0.2, 0) is 19.1 Å². The number of rotatable bonds is 32. The fourth-order valence-corrected chi connectivity index (χ4v) is 6.14. The minimum Gasteiger partial charge on any atom is -0.468 e. The van der Waals surface area contributed by atoms with Gasteiger partial charge in [-0.15, -0.1) is 0 Å². The van der Waals surface area contributed by atoms with Crippen molar-refractivity contribution in [3.05, 3.63) is 0 Å². The van der Waals surface area contributed by atoms with Crippen molar-refractivity contribution < 1.29 is 19.1 Å². The van der Waals surface area contributed by atoms with Gasteiger partial charge in [0.1, 0.15) is 0 Å². The third-order valence-corrected chi connectivity index (χ3v) is 9.29. The molecule has 5 nitrogen and oxygen atoms in total. The highest BCUT2D eigenvalue weighted by atomic mass is 32.2. The van der Waals surface area contributed by atoms with Crippen molar-refractivity contribution in [3.63, 3.8) is 0 Å². The maximum atomic E-state index is 12.0. The molecule has 1 N–H and O–H groups in total. The summed E-state index contributed by atoms with van der Waals surface area (Å²) < 4.78 is 4.97. The van der Waals surface area contributed by atoms with E-state index < -0.39 is 0 Å². The van der Waals surface area contributed by atoms with Crippen LogP contribution in [0, 0.1) is 5.92 Å². The van der Waals surface area contributed by atoms with Crippen LogP contribution in [-0.4, -0.2) is 42.3 Å². The van der Waals surface area contributed by atoms with Crippen molar-refractivity contribution in [3.8, 4) is 0 Å². The second-order valence-corrected chi connectivity index (χ2v) is 13.6. The molecule has 0 aromatic heterocycles. The number of ether oxygens (including phenoxy) is 1. The van der Waals surface area contributed by atoms with E-state index >= 15 is 0 Å². The van der Waals surface area contributed by atoms with Gasteiger partial charge in [-0.3, -0.25) is 14.4 Å². The molecule has 6 heteroatoms. The number of hydrogen-bond donors (Lipinski definition) is 1. The van der Waals surface area contributed by atoms with Gasteiger partial charge in [0, 0.05) is 6.42 Å². The Morgan fingerprint density at radius 2 is 1.09 bits per heavy atom. The third kappa shape index (κ3) is 35.3. The monoisotopic (exact) mass is 628 g/mol. The van der Waals surface area contributed by atoms with Gasteiger partial charge in [0.15, 0.2) is 5.78 Å². The maximum Gasteiger partial charge on any atom is 0.293 e. The normalized spacial score (nSPS) is 12.2. The van der Waals surface area contributed by atoms with E-state index in [1.165, 1.54) is 122 Å². The highest BCUT2D eigenvalue weighted by molar-refractivity contribution is 7.99. The van der Waals surface area contributed by atoms with Crippen LogP contribution in [0.4, 0.5) is 0 Å². The number of hydrogen-bond acceptors (Lipinski definition) is 5.